The first kappa shape index (κ1) is 36.7. The second-order valence-corrected chi connectivity index (χ2v) is 15.4. The van der Waals surface area contributed by atoms with Crippen LogP contribution in [-0.2, 0) is 22.5 Å². The summed E-state index contributed by atoms with van der Waals surface area (Å²) in [7, 11) is 0. The molecule has 0 radical (unpaired) electrons. The third kappa shape index (κ3) is 8.29. The van der Waals surface area contributed by atoms with E-state index >= 15 is 0 Å². The largest absolute Gasteiger partial charge is 0.462 e. The Bertz CT molecular complexity index is 1990. The van der Waals surface area contributed by atoms with E-state index in [0.29, 0.717) is 57.3 Å². The van der Waals surface area contributed by atoms with Gasteiger partial charge in [-0.2, -0.15) is 9.97 Å². The van der Waals surface area contributed by atoms with Gasteiger partial charge in [-0.15, -0.1) is 0 Å². The lowest BCUT2D eigenvalue weighted by molar-refractivity contribution is -0.126. The highest BCUT2D eigenvalue weighted by molar-refractivity contribution is 6.36. The first-order valence-corrected chi connectivity index (χ1v) is 19.1. The molecular formula is C42H49ClN6O4. The summed E-state index contributed by atoms with van der Waals surface area (Å²) in [5, 5.41) is 2.88. The van der Waals surface area contributed by atoms with E-state index in [-0.39, 0.29) is 17.9 Å². The van der Waals surface area contributed by atoms with E-state index in [1.165, 1.54) is 6.08 Å². The summed E-state index contributed by atoms with van der Waals surface area (Å²) in [5.74, 6) is 0.555. The number of rotatable bonds is 11. The number of aryl methyl sites for hydroxylation is 1. The molecule has 0 bridgehead atoms. The zero-order chi connectivity index (χ0) is 37.1. The van der Waals surface area contributed by atoms with Crippen molar-refractivity contribution >= 4 is 45.8 Å². The molecule has 0 aliphatic carbocycles. The molecule has 1 aromatic heterocycles. The van der Waals surface area contributed by atoms with Crippen LogP contribution in [0.1, 0.15) is 60.3 Å². The molecule has 2 fully saturated rings. The number of aromatic nitrogens is 2. The fraction of sp³-hybridized carbons (Fsp3) is 0.429. The normalized spacial score (nSPS) is 17.9. The van der Waals surface area contributed by atoms with Gasteiger partial charge < -0.3 is 24.2 Å². The Kier molecular flexibility index (Phi) is 10.9. The molecule has 4 aromatic rings. The average molecular weight is 737 g/mol. The van der Waals surface area contributed by atoms with E-state index in [2.05, 4.69) is 45.5 Å². The summed E-state index contributed by atoms with van der Waals surface area (Å²) in [6.45, 7) is 15.8. The molecule has 7 rings (SSSR count). The van der Waals surface area contributed by atoms with Crippen LogP contribution in [0.25, 0.3) is 10.8 Å². The van der Waals surface area contributed by atoms with Crippen molar-refractivity contribution in [1.82, 2.24) is 19.8 Å². The fourth-order valence-corrected chi connectivity index (χ4v) is 8.10. The Morgan fingerprint density at radius 3 is 2.53 bits per heavy atom. The number of fused-ring (bicyclic) bond motifs is 2. The smallest absolute Gasteiger partial charge is 0.338 e. The monoisotopic (exact) mass is 736 g/mol. The van der Waals surface area contributed by atoms with E-state index in [4.69, 9.17) is 31.0 Å². The summed E-state index contributed by atoms with van der Waals surface area (Å²) in [6.07, 6.45) is 4.95. The molecule has 2 saturated heterocycles. The summed E-state index contributed by atoms with van der Waals surface area (Å²) < 4.78 is 12.5. The molecule has 11 heteroatoms. The van der Waals surface area contributed by atoms with Gasteiger partial charge in [-0.05, 0) is 88.7 Å². The van der Waals surface area contributed by atoms with Gasteiger partial charge in [-0.3, -0.25) is 9.69 Å². The van der Waals surface area contributed by atoms with Gasteiger partial charge in [0.1, 0.15) is 18.0 Å². The van der Waals surface area contributed by atoms with Gasteiger partial charge in [0.25, 0.3) is 0 Å². The molecule has 1 atom stereocenters. The van der Waals surface area contributed by atoms with Crippen LogP contribution in [0.2, 0.25) is 5.02 Å². The van der Waals surface area contributed by atoms with Gasteiger partial charge in [0.15, 0.2) is 0 Å². The number of nitrogens with zero attached hydrogens (tertiary/aromatic N) is 6. The Labute approximate surface area is 317 Å². The van der Waals surface area contributed by atoms with Crippen LogP contribution < -0.4 is 14.5 Å². The zero-order valence-corrected chi connectivity index (χ0v) is 31.8. The highest BCUT2D eigenvalue weighted by Crippen LogP contribution is 2.37. The topological polar surface area (TPSA) is 91.3 Å². The van der Waals surface area contributed by atoms with E-state index in [9.17, 15) is 9.59 Å². The van der Waals surface area contributed by atoms with E-state index in [1.54, 1.807) is 6.07 Å². The lowest BCUT2D eigenvalue weighted by atomic mass is 10.0. The van der Waals surface area contributed by atoms with Gasteiger partial charge in [0, 0.05) is 61.9 Å². The summed E-state index contributed by atoms with van der Waals surface area (Å²) in [6, 6.07) is 20.4. The minimum Gasteiger partial charge on any atom is -0.462 e. The number of benzene rings is 3. The lowest BCUT2D eigenvalue weighted by Gasteiger charge is -2.38. The van der Waals surface area contributed by atoms with E-state index in [0.717, 1.165) is 83.0 Å². The highest BCUT2D eigenvalue weighted by atomic mass is 35.5. The molecule has 1 unspecified atom stereocenters. The highest BCUT2D eigenvalue weighted by Gasteiger charge is 2.32. The first-order chi connectivity index (χ1) is 25.6. The molecule has 53 heavy (non-hydrogen) atoms. The molecule has 0 N–H and O–H groups in total. The Morgan fingerprint density at radius 2 is 1.75 bits per heavy atom. The quantitative estimate of drug-likeness (QED) is 0.121. The van der Waals surface area contributed by atoms with Crippen molar-refractivity contribution in [3.05, 3.63) is 101 Å². The number of hydrogen-bond acceptors (Lipinski definition) is 9. The number of anilines is 2. The molecule has 3 aliphatic rings. The van der Waals surface area contributed by atoms with Crippen molar-refractivity contribution < 1.29 is 19.1 Å². The van der Waals surface area contributed by atoms with Crippen molar-refractivity contribution in [2.75, 3.05) is 62.2 Å². The molecule has 1 amide bonds. The number of piperazine rings is 1. The molecule has 3 aromatic carbocycles. The minimum absolute atomic E-state index is 0.0447. The second-order valence-electron chi connectivity index (χ2n) is 15.0. The molecule has 0 spiro atoms. The van der Waals surface area contributed by atoms with Crippen molar-refractivity contribution in [3.63, 3.8) is 0 Å². The number of carbonyl (C=O) groups excluding carboxylic acids is 2. The maximum Gasteiger partial charge on any atom is 0.338 e. The summed E-state index contributed by atoms with van der Waals surface area (Å²) in [4.78, 5) is 44.2. The number of halogens is 1. The van der Waals surface area contributed by atoms with Crippen LogP contribution in [0.3, 0.4) is 0 Å². The zero-order valence-electron chi connectivity index (χ0n) is 31.0. The number of amides is 1. The Balaban J connectivity index is 1.07. The molecular weight excluding hydrogens is 688 g/mol. The van der Waals surface area contributed by atoms with Gasteiger partial charge >= 0.3 is 12.0 Å². The van der Waals surface area contributed by atoms with Crippen molar-refractivity contribution in [1.29, 1.82) is 0 Å². The molecule has 10 nitrogen and oxygen atoms in total. The predicted octanol–water partition coefficient (Wildman–Crippen LogP) is 6.86. The van der Waals surface area contributed by atoms with Crippen LogP contribution in [0.5, 0.6) is 6.01 Å². The summed E-state index contributed by atoms with van der Waals surface area (Å²) >= 11 is 6.75. The van der Waals surface area contributed by atoms with Gasteiger partial charge in [0.05, 0.1) is 22.8 Å². The van der Waals surface area contributed by atoms with Crippen LogP contribution in [0, 0.1) is 6.92 Å². The van der Waals surface area contributed by atoms with Crippen LogP contribution in [0.15, 0.2) is 73.3 Å². The standard InChI is InChI=1S/C42H49ClN6O4/c1-5-37(50)47-22-24-48(25-23-47)39-33-17-20-49(36-16-8-12-30-11-7-15-34(43)38(30)36)27-35(33)44-41(45-39)52-28-32-14-9-19-46(32)21-18-42(3,4)53-40(51)31-13-6-10-29(2)26-31/h5-8,10-13,15-16,26,32H,1,9,14,17-25,27-28H2,2-4H3. The van der Waals surface area contributed by atoms with E-state index in [1.807, 2.05) is 56.0 Å². The van der Waals surface area contributed by atoms with Crippen LogP contribution >= 0.6 is 11.6 Å². The number of carbonyl (C=O) groups is 2. The molecule has 4 heterocycles. The Morgan fingerprint density at radius 1 is 0.981 bits per heavy atom. The van der Waals surface area contributed by atoms with Crippen molar-refractivity contribution in [2.45, 2.75) is 64.6 Å². The number of hydrogen-bond donors (Lipinski definition) is 0. The lowest BCUT2D eigenvalue weighted by Crippen LogP contribution is -2.49. The predicted molar refractivity (Wildman–Crippen MR) is 210 cm³/mol. The third-order valence-corrected chi connectivity index (χ3v) is 11.1. The fourth-order valence-electron chi connectivity index (χ4n) is 7.82. The molecule has 0 saturated carbocycles. The Hall–Kier alpha value is -4.67. The van der Waals surface area contributed by atoms with E-state index < -0.39 is 5.60 Å². The number of esters is 1. The van der Waals surface area contributed by atoms with Gasteiger partial charge in [-0.25, -0.2) is 4.79 Å². The number of likely N-dealkylation sites (tertiary alicyclic amines) is 1. The minimum atomic E-state index is -0.619. The van der Waals surface area contributed by atoms with Gasteiger partial charge in [0.2, 0.25) is 5.91 Å². The summed E-state index contributed by atoms with van der Waals surface area (Å²) in [5.41, 5.74) is 4.16. The van der Waals surface area contributed by atoms with Crippen molar-refractivity contribution in [2.24, 2.45) is 0 Å². The van der Waals surface area contributed by atoms with Gasteiger partial charge in [-0.1, -0.05) is 60.1 Å². The number of ether oxygens (including phenoxy) is 2. The SMILES string of the molecule is C=CC(=O)N1CCN(c2nc(OCC3CCCN3CCC(C)(C)OC(=O)c3cccc(C)c3)nc3c2CCN(c2cccc4cccc(Cl)c24)C3)CC1. The first-order valence-electron chi connectivity index (χ1n) is 18.7. The second kappa shape index (κ2) is 15.7. The van der Waals surface area contributed by atoms with Crippen LogP contribution in [-0.4, -0.2) is 95.7 Å². The maximum atomic E-state index is 12.9. The van der Waals surface area contributed by atoms with Crippen molar-refractivity contribution in [3.8, 4) is 6.01 Å². The third-order valence-electron chi connectivity index (χ3n) is 10.8. The van der Waals surface area contributed by atoms with Crippen LogP contribution in [0.4, 0.5) is 11.5 Å². The molecule has 278 valence electrons. The average Bonchev–Trinajstić information content (AvgIpc) is 3.62. The molecule has 3 aliphatic heterocycles. The maximum absolute atomic E-state index is 12.9.